The smallest absolute Gasteiger partial charge is 0.124 e. The quantitative estimate of drug-likeness (QED) is 0.589. The van der Waals surface area contributed by atoms with Crippen LogP contribution in [-0.4, -0.2) is 36.0 Å². The highest BCUT2D eigenvalue weighted by molar-refractivity contribution is 6.08. The van der Waals surface area contributed by atoms with E-state index in [1.165, 1.54) is 23.1 Å². The molecule has 112 valence electrons. The van der Waals surface area contributed by atoms with Crippen LogP contribution in [0.25, 0.3) is 0 Å². The third-order valence-corrected chi connectivity index (χ3v) is 6.49. The van der Waals surface area contributed by atoms with Crippen molar-refractivity contribution < 1.29 is 4.79 Å². The number of hydrogen-bond donors (Lipinski definition) is 0. The number of carbonyl (C=O) groups excluding carboxylic acids is 1. The van der Waals surface area contributed by atoms with Crippen LogP contribution in [0.4, 0.5) is 5.69 Å². The summed E-state index contributed by atoms with van der Waals surface area (Å²) in [4.78, 5) is 19.8. The molecule has 1 aromatic carbocycles. The lowest BCUT2D eigenvalue weighted by molar-refractivity contribution is -0.116. The Morgan fingerprint density at radius 3 is 3.05 bits per heavy atom. The monoisotopic (exact) mass is 292 g/mol. The Bertz CT molecular complexity index is 735. The normalized spacial score (nSPS) is 40.3. The van der Waals surface area contributed by atoms with Crippen LogP contribution >= 0.6 is 0 Å². The molecule has 3 heteroatoms. The number of nitrogens with zero attached hydrogens (tertiary/aromatic N) is 2. The number of fused-ring (bicyclic) bond motifs is 2. The standard InChI is InChI=1S/C19H20N2O/c1-2-12-10-21-8-7-19-14-5-3-4-6-16(14)20-18(19)17(21)9-13(12)15(19)11-22/h2-6,11,13,15,17H,7-10H2,1H3/b12-2-/t13-,15+,17-,19-/m0/s1. The largest absolute Gasteiger partial charge is 0.303 e. The third-order valence-electron chi connectivity index (χ3n) is 6.49. The number of carbonyl (C=O) groups is 1. The van der Waals surface area contributed by atoms with Crippen molar-refractivity contribution in [2.45, 2.75) is 31.2 Å². The molecule has 0 N–H and O–H groups in total. The molecule has 3 heterocycles. The van der Waals surface area contributed by atoms with E-state index in [1.807, 2.05) is 0 Å². The summed E-state index contributed by atoms with van der Waals surface area (Å²) in [7, 11) is 0. The van der Waals surface area contributed by atoms with E-state index in [1.54, 1.807) is 0 Å². The first-order valence-corrected chi connectivity index (χ1v) is 8.32. The molecule has 1 saturated carbocycles. The molecule has 3 bridgehead atoms. The number of benzene rings is 1. The first kappa shape index (κ1) is 12.8. The lowest BCUT2D eigenvalue weighted by atomic mass is 9.51. The van der Waals surface area contributed by atoms with Gasteiger partial charge in [-0.15, -0.1) is 0 Å². The van der Waals surface area contributed by atoms with Gasteiger partial charge in [-0.25, -0.2) is 0 Å². The second-order valence-corrected chi connectivity index (χ2v) is 7.09. The number of piperidine rings is 2. The molecule has 2 saturated heterocycles. The average Bonchev–Trinajstić information content (AvgIpc) is 2.90. The molecule has 4 atom stereocenters. The molecule has 0 unspecified atom stereocenters. The van der Waals surface area contributed by atoms with Crippen molar-refractivity contribution >= 4 is 17.7 Å². The van der Waals surface area contributed by atoms with Crippen molar-refractivity contribution in [1.82, 2.24) is 4.90 Å². The summed E-state index contributed by atoms with van der Waals surface area (Å²) in [5, 5.41) is 0. The number of aldehydes is 1. The molecule has 3 aliphatic heterocycles. The predicted molar refractivity (Wildman–Crippen MR) is 86.6 cm³/mol. The van der Waals surface area contributed by atoms with Crippen molar-refractivity contribution in [2.24, 2.45) is 16.8 Å². The molecule has 3 fully saturated rings. The Labute approximate surface area is 130 Å². The van der Waals surface area contributed by atoms with Crippen LogP contribution in [-0.2, 0) is 10.2 Å². The van der Waals surface area contributed by atoms with Gasteiger partial charge in [-0.2, -0.15) is 0 Å². The van der Waals surface area contributed by atoms with E-state index >= 15 is 0 Å². The van der Waals surface area contributed by atoms with Gasteiger partial charge in [0.2, 0.25) is 0 Å². The van der Waals surface area contributed by atoms with Crippen molar-refractivity contribution in [3.05, 3.63) is 41.5 Å². The Morgan fingerprint density at radius 1 is 1.36 bits per heavy atom. The Hall–Kier alpha value is -1.74. The molecule has 1 aromatic rings. The van der Waals surface area contributed by atoms with E-state index in [0.717, 1.165) is 31.6 Å². The van der Waals surface area contributed by atoms with Crippen molar-refractivity contribution in [3.63, 3.8) is 0 Å². The van der Waals surface area contributed by atoms with Gasteiger partial charge in [0.15, 0.2) is 0 Å². The van der Waals surface area contributed by atoms with E-state index in [4.69, 9.17) is 4.99 Å². The van der Waals surface area contributed by atoms with Crippen LogP contribution in [0.3, 0.4) is 0 Å². The SMILES string of the molecule is C/C=C1/CN2CC[C@]34C(=Nc5ccccc53)[C@@H]2C[C@@H]1[C@H]4C=O. The summed E-state index contributed by atoms with van der Waals surface area (Å²) in [6.07, 6.45) is 5.59. The summed E-state index contributed by atoms with van der Waals surface area (Å²) in [5.41, 5.74) is 5.01. The van der Waals surface area contributed by atoms with E-state index in [0.29, 0.717) is 12.0 Å². The number of hydrogen-bond acceptors (Lipinski definition) is 3. The van der Waals surface area contributed by atoms with Gasteiger partial charge in [0, 0.05) is 36.2 Å². The second-order valence-electron chi connectivity index (χ2n) is 7.09. The first-order valence-electron chi connectivity index (χ1n) is 8.32. The zero-order chi connectivity index (χ0) is 14.9. The van der Waals surface area contributed by atoms with E-state index in [2.05, 4.69) is 42.2 Å². The number of rotatable bonds is 1. The molecular formula is C19H20N2O. The molecule has 5 rings (SSSR count). The van der Waals surface area contributed by atoms with Crippen LogP contribution in [0.5, 0.6) is 0 Å². The lowest BCUT2D eigenvalue weighted by Gasteiger charge is -2.59. The Morgan fingerprint density at radius 2 is 2.23 bits per heavy atom. The fourth-order valence-corrected chi connectivity index (χ4v) is 5.55. The molecule has 0 spiro atoms. The number of allylic oxidation sites excluding steroid dienone is 1. The Balaban J connectivity index is 1.79. The maximum Gasteiger partial charge on any atom is 0.124 e. The topological polar surface area (TPSA) is 32.7 Å². The van der Waals surface area contributed by atoms with E-state index in [-0.39, 0.29) is 11.3 Å². The van der Waals surface area contributed by atoms with Gasteiger partial charge < -0.3 is 4.79 Å². The first-order chi connectivity index (χ1) is 10.8. The highest BCUT2D eigenvalue weighted by Crippen LogP contribution is 2.59. The van der Waals surface area contributed by atoms with Crippen LogP contribution in [0.15, 0.2) is 40.9 Å². The molecule has 3 nitrogen and oxygen atoms in total. The summed E-state index contributed by atoms with van der Waals surface area (Å²) >= 11 is 0. The minimum absolute atomic E-state index is 0.0554. The van der Waals surface area contributed by atoms with Gasteiger partial charge in [-0.3, -0.25) is 9.89 Å². The zero-order valence-corrected chi connectivity index (χ0v) is 12.8. The highest BCUT2D eigenvalue weighted by Gasteiger charge is 2.62. The summed E-state index contributed by atoms with van der Waals surface area (Å²) in [5.74, 6) is 0.453. The maximum atomic E-state index is 12.2. The molecule has 0 radical (unpaired) electrons. The maximum absolute atomic E-state index is 12.2. The summed E-state index contributed by atoms with van der Waals surface area (Å²) < 4.78 is 0. The molecule has 0 aromatic heterocycles. The Kier molecular flexibility index (Phi) is 2.42. The van der Waals surface area contributed by atoms with Crippen molar-refractivity contribution in [2.75, 3.05) is 13.1 Å². The highest BCUT2D eigenvalue weighted by atomic mass is 16.1. The molecule has 0 amide bonds. The van der Waals surface area contributed by atoms with Crippen LogP contribution in [0.1, 0.15) is 25.3 Å². The fraction of sp³-hybridized carbons (Fsp3) is 0.474. The van der Waals surface area contributed by atoms with Gasteiger partial charge in [-0.05, 0) is 37.3 Å². The minimum Gasteiger partial charge on any atom is -0.303 e. The van der Waals surface area contributed by atoms with Gasteiger partial charge >= 0.3 is 0 Å². The number of aliphatic imine (C=N–C) groups is 1. The fourth-order valence-electron chi connectivity index (χ4n) is 5.55. The van der Waals surface area contributed by atoms with E-state index < -0.39 is 0 Å². The molecular weight excluding hydrogens is 272 g/mol. The molecule has 4 aliphatic rings. The second kappa shape index (κ2) is 4.17. The van der Waals surface area contributed by atoms with Crippen molar-refractivity contribution in [1.29, 1.82) is 0 Å². The van der Waals surface area contributed by atoms with Crippen molar-refractivity contribution in [3.8, 4) is 0 Å². The minimum atomic E-state index is -0.128. The summed E-state index contributed by atoms with van der Waals surface area (Å²) in [6, 6.07) is 8.91. The van der Waals surface area contributed by atoms with Crippen LogP contribution < -0.4 is 0 Å². The third kappa shape index (κ3) is 1.28. The summed E-state index contributed by atoms with van der Waals surface area (Å²) in [6.45, 7) is 4.21. The van der Waals surface area contributed by atoms with Gasteiger partial charge in [0.05, 0.1) is 5.69 Å². The lowest BCUT2D eigenvalue weighted by Crippen LogP contribution is -2.67. The predicted octanol–water partition coefficient (Wildman–Crippen LogP) is 2.88. The zero-order valence-electron chi connectivity index (χ0n) is 12.8. The molecule has 22 heavy (non-hydrogen) atoms. The number of para-hydroxylation sites is 1. The van der Waals surface area contributed by atoms with Gasteiger partial charge in [0.25, 0.3) is 0 Å². The molecule has 1 aliphatic carbocycles. The van der Waals surface area contributed by atoms with Gasteiger partial charge in [-0.1, -0.05) is 29.8 Å². The van der Waals surface area contributed by atoms with Gasteiger partial charge in [0.1, 0.15) is 6.29 Å². The average molecular weight is 292 g/mol. The van der Waals surface area contributed by atoms with Crippen LogP contribution in [0.2, 0.25) is 0 Å². The van der Waals surface area contributed by atoms with Crippen LogP contribution in [0, 0.1) is 11.8 Å². The van der Waals surface area contributed by atoms with E-state index in [9.17, 15) is 4.79 Å².